The Balaban J connectivity index is 2.32. The lowest BCUT2D eigenvalue weighted by Gasteiger charge is -2.21. The van der Waals surface area contributed by atoms with E-state index in [4.69, 9.17) is 17.4 Å². The quantitative estimate of drug-likeness (QED) is 0.671. The Morgan fingerprint density at radius 3 is 2.65 bits per heavy atom. The van der Waals surface area contributed by atoms with Crippen LogP contribution in [0.4, 0.5) is 11.5 Å². The van der Waals surface area contributed by atoms with Crippen LogP contribution in [0.5, 0.6) is 0 Å². The van der Waals surface area contributed by atoms with Crippen molar-refractivity contribution in [2.75, 3.05) is 16.9 Å². The first-order valence-electron chi connectivity index (χ1n) is 6.16. The summed E-state index contributed by atoms with van der Waals surface area (Å²) in [5.41, 5.74) is 3.62. The molecule has 2 aromatic rings. The van der Waals surface area contributed by atoms with Gasteiger partial charge in [-0.1, -0.05) is 29.8 Å². The third kappa shape index (κ3) is 2.89. The van der Waals surface area contributed by atoms with Gasteiger partial charge in [-0.15, -0.1) is 0 Å². The molecule has 0 saturated carbocycles. The number of aromatic nitrogens is 1. The molecule has 0 radical (unpaired) electrons. The number of pyridine rings is 1. The molecule has 5 nitrogen and oxygen atoms in total. The van der Waals surface area contributed by atoms with E-state index in [1.54, 1.807) is 11.0 Å². The Morgan fingerprint density at radius 2 is 2.10 bits per heavy atom. The van der Waals surface area contributed by atoms with Crippen LogP contribution >= 0.6 is 11.6 Å². The van der Waals surface area contributed by atoms with E-state index in [9.17, 15) is 4.79 Å². The fourth-order valence-electron chi connectivity index (χ4n) is 1.87. The maximum absolute atomic E-state index is 12.5. The van der Waals surface area contributed by atoms with Crippen LogP contribution in [-0.4, -0.2) is 17.4 Å². The van der Waals surface area contributed by atoms with Crippen LogP contribution in [0, 0.1) is 0 Å². The Kier molecular flexibility index (Phi) is 4.55. The molecule has 0 bridgehead atoms. The minimum atomic E-state index is -0.156. The number of rotatable bonds is 4. The molecule has 1 aromatic carbocycles. The Morgan fingerprint density at radius 1 is 1.40 bits per heavy atom. The molecule has 0 aliphatic carbocycles. The van der Waals surface area contributed by atoms with Gasteiger partial charge in [0, 0.05) is 18.4 Å². The molecule has 1 heterocycles. The normalized spacial score (nSPS) is 10.2. The fourth-order valence-corrected chi connectivity index (χ4v) is 2.09. The molecular formula is C14H15ClN4O. The van der Waals surface area contributed by atoms with Crippen LogP contribution in [-0.2, 0) is 0 Å². The maximum atomic E-state index is 12.5. The summed E-state index contributed by atoms with van der Waals surface area (Å²) >= 11 is 5.99. The molecule has 0 spiro atoms. The van der Waals surface area contributed by atoms with Gasteiger partial charge in [0.25, 0.3) is 5.91 Å². The smallest absolute Gasteiger partial charge is 0.259 e. The lowest BCUT2D eigenvalue weighted by Crippen LogP contribution is -2.30. The van der Waals surface area contributed by atoms with Crippen LogP contribution in [0.2, 0.25) is 5.02 Å². The highest BCUT2D eigenvalue weighted by molar-refractivity contribution is 6.33. The van der Waals surface area contributed by atoms with Gasteiger partial charge in [0.1, 0.15) is 0 Å². The van der Waals surface area contributed by atoms with Gasteiger partial charge >= 0.3 is 0 Å². The first kappa shape index (κ1) is 14.3. The molecule has 20 heavy (non-hydrogen) atoms. The number of nitrogens with zero attached hydrogens (tertiary/aromatic N) is 2. The van der Waals surface area contributed by atoms with Crippen molar-refractivity contribution in [3.8, 4) is 0 Å². The summed E-state index contributed by atoms with van der Waals surface area (Å²) in [5, 5.41) is 0.308. The van der Waals surface area contributed by atoms with E-state index < -0.39 is 0 Å². The fraction of sp³-hybridized carbons (Fsp3) is 0.143. The molecule has 0 aliphatic heterocycles. The van der Waals surface area contributed by atoms with Crippen molar-refractivity contribution in [1.82, 2.24) is 4.98 Å². The van der Waals surface area contributed by atoms with Crippen molar-refractivity contribution >= 4 is 29.0 Å². The standard InChI is InChI=1S/C14H15ClN4O/c1-2-19(11-6-4-3-5-7-11)14(20)10-8-12(15)13(18-16)17-9-10/h3-9H,2,16H2,1H3,(H,17,18). The summed E-state index contributed by atoms with van der Waals surface area (Å²) in [5.74, 6) is 5.44. The van der Waals surface area contributed by atoms with Gasteiger partial charge in [0.05, 0.1) is 10.6 Å². The van der Waals surface area contributed by atoms with Crippen LogP contribution in [0.1, 0.15) is 17.3 Å². The Labute approximate surface area is 122 Å². The van der Waals surface area contributed by atoms with Crippen LogP contribution in [0.3, 0.4) is 0 Å². The molecule has 0 atom stereocenters. The number of carbonyl (C=O) groups excluding carboxylic acids is 1. The maximum Gasteiger partial charge on any atom is 0.259 e. The van der Waals surface area contributed by atoms with E-state index in [1.807, 2.05) is 37.3 Å². The van der Waals surface area contributed by atoms with Gasteiger partial charge in [-0.2, -0.15) is 0 Å². The van der Waals surface area contributed by atoms with Gasteiger partial charge < -0.3 is 10.3 Å². The van der Waals surface area contributed by atoms with Gasteiger partial charge in [0.15, 0.2) is 5.82 Å². The Hall–Kier alpha value is -2.11. The summed E-state index contributed by atoms with van der Waals surface area (Å²) < 4.78 is 0. The number of amides is 1. The van der Waals surface area contributed by atoms with Crippen LogP contribution < -0.4 is 16.2 Å². The van der Waals surface area contributed by atoms with Crippen molar-refractivity contribution < 1.29 is 4.79 Å². The monoisotopic (exact) mass is 290 g/mol. The van der Waals surface area contributed by atoms with E-state index in [-0.39, 0.29) is 5.91 Å². The van der Waals surface area contributed by atoms with Crippen molar-refractivity contribution in [2.24, 2.45) is 5.84 Å². The van der Waals surface area contributed by atoms with Crippen molar-refractivity contribution in [2.45, 2.75) is 6.92 Å². The number of nitrogens with one attached hydrogen (secondary N) is 1. The molecule has 0 fully saturated rings. The summed E-state index contributed by atoms with van der Waals surface area (Å²) in [4.78, 5) is 18.2. The molecule has 2 rings (SSSR count). The second-order valence-corrected chi connectivity index (χ2v) is 4.49. The number of nitrogen functional groups attached to an aromatic ring is 1. The van der Waals surface area contributed by atoms with Gasteiger partial charge in [-0.3, -0.25) is 4.79 Å². The number of para-hydroxylation sites is 1. The third-order valence-electron chi connectivity index (χ3n) is 2.85. The molecule has 104 valence electrons. The van der Waals surface area contributed by atoms with E-state index >= 15 is 0 Å². The first-order chi connectivity index (χ1) is 9.67. The number of hydrogen-bond acceptors (Lipinski definition) is 4. The lowest BCUT2D eigenvalue weighted by atomic mass is 10.2. The Bertz CT molecular complexity index is 603. The number of hydrogen-bond donors (Lipinski definition) is 2. The molecule has 1 amide bonds. The molecule has 0 saturated heterocycles. The van der Waals surface area contributed by atoms with E-state index in [1.165, 1.54) is 6.20 Å². The predicted molar refractivity (Wildman–Crippen MR) is 80.8 cm³/mol. The number of hydrazine groups is 1. The molecular weight excluding hydrogens is 276 g/mol. The van der Waals surface area contributed by atoms with E-state index in [2.05, 4.69) is 10.4 Å². The summed E-state index contributed by atoms with van der Waals surface area (Å²) in [6, 6.07) is 11.0. The van der Waals surface area contributed by atoms with E-state index in [0.29, 0.717) is 22.9 Å². The number of carbonyl (C=O) groups is 1. The highest BCUT2D eigenvalue weighted by atomic mass is 35.5. The zero-order valence-electron chi connectivity index (χ0n) is 11.0. The van der Waals surface area contributed by atoms with Crippen LogP contribution in [0.25, 0.3) is 0 Å². The average Bonchev–Trinajstić information content (AvgIpc) is 2.49. The highest BCUT2D eigenvalue weighted by Crippen LogP contribution is 2.22. The minimum Gasteiger partial charge on any atom is -0.309 e. The zero-order valence-corrected chi connectivity index (χ0v) is 11.8. The summed E-state index contributed by atoms with van der Waals surface area (Å²) in [7, 11) is 0. The summed E-state index contributed by atoms with van der Waals surface area (Å²) in [6.07, 6.45) is 1.45. The topological polar surface area (TPSA) is 71.2 Å². The second-order valence-electron chi connectivity index (χ2n) is 4.08. The number of nitrogens with two attached hydrogens (primary N) is 1. The minimum absolute atomic E-state index is 0.156. The van der Waals surface area contributed by atoms with Crippen molar-refractivity contribution in [3.63, 3.8) is 0 Å². The van der Waals surface area contributed by atoms with Gasteiger partial charge in [-0.25, -0.2) is 10.8 Å². The molecule has 3 N–H and O–H groups in total. The van der Waals surface area contributed by atoms with Crippen molar-refractivity contribution in [3.05, 3.63) is 53.2 Å². The summed E-state index contributed by atoms with van der Waals surface area (Å²) in [6.45, 7) is 2.47. The zero-order chi connectivity index (χ0) is 14.5. The largest absolute Gasteiger partial charge is 0.309 e. The second kappa shape index (κ2) is 6.36. The molecule has 6 heteroatoms. The third-order valence-corrected chi connectivity index (χ3v) is 3.14. The number of benzene rings is 1. The van der Waals surface area contributed by atoms with Gasteiger partial charge in [0.2, 0.25) is 0 Å². The van der Waals surface area contributed by atoms with Crippen LogP contribution in [0.15, 0.2) is 42.6 Å². The molecule has 0 unspecified atom stereocenters. The highest BCUT2D eigenvalue weighted by Gasteiger charge is 2.17. The lowest BCUT2D eigenvalue weighted by molar-refractivity contribution is 0.0988. The average molecular weight is 291 g/mol. The predicted octanol–water partition coefficient (Wildman–Crippen LogP) is 2.69. The number of anilines is 2. The SMILES string of the molecule is CCN(C(=O)c1cnc(NN)c(Cl)c1)c1ccccc1. The molecule has 1 aromatic heterocycles. The molecule has 0 aliphatic rings. The number of halogens is 1. The van der Waals surface area contributed by atoms with Crippen molar-refractivity contribution in [1.29, 1.82) is 0 Å². The van der Waals surface area contributed by atoms with E-state index in [0.717, 1.165) is 5.69 Å². The van der Waals surface area contributed by atoms with Gasteiger partial charge in [-0.05, 0) is 25.1 Å². The first-order valence-corrected chi connectivity index (χ1v) is 6.54.